The van der Waals surface area contributed by atoms with Gasteiger partial charge in [-0.2, -0.15) is 0 Å². The van der Waals surface area contributed by atoms with Gasteiger partial charge in [0.2, 0.25) is 11.9 Å². The molecule has 3 heterocycles. The summed E-state index contributed by atoms with van der Waals surface area (Å²) in [5.41, 5.74) is 0.905. The van der Waals surface area contributed by atoms with Crippen LogP contribution in [-0.2, 0) is 4.79 Å². The molecule has 3 rings (SSSR count). The number of nitrogens with zero attached hydrogens (tertiary/aromatic N) is 6. The molecule has 0 aromatic carbocycles. The molecule has 3 aliphatic heterocycles. The highest BCUT2D eigenvalue weighted by Crippen LogP contribution is 2.25. The number of carbonyl (C=O) groups excluding carboxylic acids is 2. The van der Waals surface area contributed by atoms with Gasteiger partial charge in [-0.3, -0.25) is 14.6 Å². The second-order valence-corrected chi connectivity index (χ2v) is 6.51. The van der Waals surface area contributed by atoms with Crippen molar-refractivity contribution in [1.82, 2.24) is 14.8 Å². The van der Waals surface area contributed by atoms with Crippen molar-refractivity contribution in [2.45, 2.75) is 39.8 Å². The van der Waals surface area contributed by atoms with E-state index < -0.39 is 6.04 Å². The lowest BCUT2D eigenvalue weighted by Crippen LogP contribution is -2.64. The average molecular weight is 357 g/mol. The third-order valence-electron chi connectivity index (χ3n) is 4.90. The predicted molar refractivity (Wildman–Crippen MR) is 100 cm³/mol. The van der Waals surface area contributed by atoms with E-state index in [0.29, 0.717) is 18.3 Å². The summed E-state index contributed by atoms with van der Waals surface area (Å²) in [7, 11) is 1.66. The van der Waals surface area contributed by atoms with Crippen LogP contribution in [0.1, 0.15) is 27.7 Å². The zero-order chi connectivity index (χ0) is 19.0. The molecule has 2 atom stereocenters. The highest BCUT2D eigenvalue weighted by atomic mass is 16.2. The number of amidine groups is 1. The maximum absolute atomic E-state index is 13.1. The van der Waals surface area contributed by atoms with Gasteiger partial charge in [0.15, 0.2) is 0 Å². The smallest absolute Gasteiger partial charge is 0.270 e. The summed E-state index contributed by atoms with van der Waals surface area (Å²) < 4.78 is 1.97. The van der Waals surface area contributed by atoms with Gasteiger partial charge in [-0.05, 0) is 27.7 Å². The van der Waals surface area contributed by atoms with E-state index in [9.17, 15) is 9.59 Å². The number of allylic oxidation sites excluding steroid dienone is 2. The van der Waals surface area contributed by atoms with E-state index in [2.05, 4.69) is 10.1 Å². The Hall–Kier alpha value is -2.77. The Labute approximate surface area is 153 Å². The van der Waals surface area contributed by atoms with Crippen molar-refractivity contribution in [2.24, 2.45) is 10.1 Å². The fourth-order valence-electron chi connectivity index (χ4n) is 3.28. The topological polar surface area (TPSA) is 71.6 Å². The summed E-state index contributed by atoms with van der Waals surface area (Å²) in [6.07, 6.45) is 7.56. The molecule has 8 nitrogen and oxygen atoms in total. The van der Waals surface area contributed by atoms with E-state index in [4.69, 9.17) is 0 Å². The van der Waals surface area contributed by atoms with Crippen LogP contribution < -0.4 is 0 Å². The Bertz CT molecular complexity index is 792. The van der Waals surface area contributed by atoms with Gasteiger partial charge in [-0.1, -0.05) is 29.3 Å². The van der Waals surface area contributed by atoms with Gasteiger partial charge >= 0.3 is 12.0 Å². The average Bonchev–Trinajstić information content (AvgIpc) is 3.03. The molecule has 3 aliphatic rings. The van der Waals surface area contributed by atoms with Crippen molar-refractivity contribution < 1.29 is 14.2 Å². The molecule has 0 aliphatic carbocycles. The Morgan fingerprint density at radius 1 is 1.15 bits per heavy atom. The number of likely N-dealkylation sites (N-methyl/N-ethyl adjacent to an activating group) is 1. The van der Waals surface area contributed by atoms with Crippen LogP contribution in [-0.4, -0.2) is 81.1 Å². The van der Waals surface area contributed by atoms with Gasteiger partial charge < -0.3 is 0 Å². The van der Waals surface area contributed by atoms with Crippen LogP contribution in [0.25, 0.3) is 0 Å². The number of imide groups is 1. The number of rotatable bonds is 4. The molecule has 1 saturated heterocycles. The van der Waals surface area contributed by atoms with E-state index in [0.717, 1.165) is 5.71 Å². The molecule has 138 valence electrons. The maximum atomic E-state index is 13.1. The molecular formula is C18H25N6O2+. The van der Waals surface area contributed by atoms with E-state index >= 15 is 0 Å². The Balaban J connectivity index is 2.04. The van der Waals surface area contributed by atoms with Crippen LogP contribution in [0.4, 0.5) is 4.79 Å². The largest absolute Gasteiger partial charge is 0.417 e. The first-order chi connectivity index (χ1) is 12.4. The van der Waals surface area contributed by atoms with Gasteiger partial charge in [-0.15, -0.1) is 10.1 Å². The van der Waals surface area contributed by atoms with Gasteiger partial charge in [-0.25, -0.2) is 9.37 Å². The molecule has 26 heavy (non-hydrogen) atoms. The summed E-state index contributed by atoms with van der Waals surface area (Å²) in [5, 5.41) is 6.39. The van der Waals surface area contributed by atoms with Gasteiger partial charge in [0.25, 0.3) is 5.91 Å². The summed E-state index contributed by atoms with van der Waals surface area (Å²) in [6.45, 7) is 8.58. The molecule has 0 bridgehead atoms. The molecule has 0 radical (unpaired) electrons. The zero-order valence-corrected chi connectivity index (χ0v) is 15.9. The lowest BCUT2D eigenvalue weighted by molar-refractivity contribution is -0.559. The molecule has 0 saturated carbocycles. The van der Waals surface area contributed by atoms with Crippen molar-refractivity contribution >= 4 is 29.4 Å². The molecule has 2 unspecified atom stereocenters. The summed E-state index contributed by atoms with van der Waals surface area (Å²) in [4.78, 5) is 33.1. The second kappa shape index (κ2) is 6.86. The third kappa shape index (κ3) is 2.65. The standard InChI is InChI=1S/C18H25N6O2/c1-6-8-10-22-16(25)14-15(21(5)18(22)26)19-17-23(11-9-7-2)20-12(3)13(4)24(14)17/h6-9,13-14H,10-11H2,1-5H3/q+1/b8-6+,9-7+. The van der Waals surface area contributed by atoms with Crippen molar-refractivity contribution in [3.63, 3.8) is 0 Å². The lowest BCUT2D eigenvalue weighted by atomic mass is 10.1. The van der Waals surface area contributed by atoms with E-state index in [1.807, 2.05) is 50.5 Å². The van der Waals surface area contributed by atoms with Crippen molar-refractivity contribution in [3.8, 4) is 0 Å². The summed E-state index contributed by atoms with van der Waals surface area (Å²) in [6, 6.07) is -1.03. The molecule has 0 aromatic rings. The van der Waals surface area contributed by atoms with E-state index in [-0.39, 0.29) is 24.5 Å². The molecular weight excluding hydrogens is 332 g/mol. The number of urea groups is 1. The van der Waals surface area contributed by atoms with Gasteiger partial charge in [0.05, 0.1) is 5.71 Å². The fraction of sp³-hybridized carbons (Fsp3) is 0.500. The Morgan fingerprint density at radius 2 is 1.81 bits per heavy atom. The maximum Gasteiger partial charge on any atom is 0.417 e. The normalized spacial score (nSPS) is 26.1. The molecule has 0 aromatic heterocycles. The minimum Gasteiger partial charge on any atom is -0.270 e. The lowest BCUT2D eigenvalue weighted by Gasteiger charge is -2.35. The van der Waals surface area contributed by atoms with Gasteiger partial charge in [0.1, 0.15) is 12.6 Å². The molecule has 0 N–H and O–H groups in total. The number of aliphatic imine (C=N–C) groups is 1. The van der Waals surface area contributed by atoms with Crippen molar-refractivity contribution in [1.29, 1.82) is 0 Å². The molecule has 1 fully saturated rings. The first kappa shape index (κ1) is 18.0. The third-order valence-corrected chi connectivity index (χ3v) is 4.90. The zero-order valence-electron chi connectivity index (χ0n) is 15.9. The van der Waals surface area contributed by atoms with Crippen LogP contribution in [0.5, 0.6) is 0 Å². The van der Waals surface area contributed by atoms with E-state index in [1.54, 1.807) is 18.1 Å². The fourth-order valence-corrected chi connectivity index (χ4v) is 3.28. The SMILES string of the molecule is C/C=C/CN1N=C(C)C(C)[N+]2=C1N=C1C2C(=O)N(C/C=C/C)C(=O)N1C. The van der Waals surface area contributed by atoms with Crippen LogP contribution in [0.2, 0.25) is 0 Å². The van der Waals surface area contributed by atoms with Crippen molar-refractivity contribution in [3.05, 3.63) is 24.3 Å². The monoisotopic (exact) mass is 357 g/mol. The van der Waals surface area contributed by atoms with Crippen LogP contribution >= 0.6 is 0 Å². The number of hydrogen-bond donors (Lipinski definition) is 0. The minimum atomic E-state index is -0.605. The number of guanidine groups is 1. The summed E-state index contributed by atoms with van der Waals surface area (Å²) >= 11 is 0. The van der Waals surface area contributed by atoms with Crippen LogP contribution in [0, 0.1) is 0 Å². The van der Waals surface area contributed by atoms with Crippen molar-refractivity contribution in [2.75, 3.05) is 20.1 Å². The predicted octanol–water partition coefficient (Wildman–Crippen LogP) is 1.26. The van der Waals surface area contributed by atoms with E-state index in [1.165, 1.54) is 9.80 Å². The summed E-state index contributed by atoms with van der Waals surface area (Å²) in [5.74, 6) is 0.837. The second-order valence-electron chi connectivity index (χ2n) is 6.51. The highest BCUT2D eigenvalue weighted by Gasteiger charge is 2.55. The Morgan fingerprint density at radius 3 is 2.46 bits per heavy atom. The number of hydrogen-bond acceptors (Lipinski definition) is 5. The minimum absolute atomic E-state index is 0.0766. The van der Waals surface area contributed by atoms with Crippen LogP contribution in [0.15, 0.2) is 34.4 Å². The molecule has 8 heteroatoms. The van der Waals surface area contributed by atoms with Crippen LogP contribution in [0.3, 0.4) is 0 Å². The Kier molecular flexibility index (Phi) is 4.76. The highest BCUT2D eigenvalue weighted by molar-refractivity contribution is 6.23. The number of carbonyl (C=O) groups is 2. The molecule has 0 spiro atoms. The first-order valence-corrected chi connectivity index (χ1v) is 8.80. The first-order valence-electron chi connectivity index (χ1n) is 8.80. The molecule has 3 amide bonds. The number of hydrazone groups is 1. The van der Waals surface area contributed by atoms with Gasteiger partial charge in [0, 0.05) is 13.6 Å². The number of amides is 3. The number of fused-ring (bicyclic) bond motifs is 2. The quantitative estimate of drug-likeness (QED) is 0.562.